The molecule has 0 aromatic carbocycles. The van der Waals surface area contributed by atoms with Gasteiger partial charge < -0.3 is 4.42 Å². The summed E-state index contributed by atoms with van der Waals surface area (Å²) in [6, 6.07) is 0. The van der Waals surface area contributed by atoms with E-state index < -0.39 is 5.24 Å². The molecule has 1 rings (SSSR count). The first-order chi connectivity index (χ1) is 4.74. The summed E-state index contributed by atoms with van der Waals surface area (Å²) >= 11 is 6.28. The molecule has 1 aromatic rings. The standard InChI is InChI=1S/C4H3ClN2O2S/c1-10-4-7-6-3(9-4)2(5)8/h1H3. The van der Waals surface area contributed by atoms with Crippen LogP contribution in [0.4, 0.5) is 0 Å². The van der Waals surface area contributed by atoms with E-state index in [-0.39, 0.29) is 5.89 Å². The van der Waals surface area contributed by atoms with E-state index in [2.05, 4.69) is 10.2 Å². The second-order valence-corrected chi connectivity index (χ2v) is 2.45. The van der Waals surface area contributed by atoms with Crippen molar-refractivity contribution in [3.63, 3.8) is 0 Å². The summed E-state index contributed by atoms with van der Waals surface area (Å²) in [6.07, 6.45) is 1.76. The van der Waals surface area contributed by atoms with Crippen LogP contribution in [0.15, 0.2) is 9.64 Å². The van der Waals surface area contributed by atoms with Crippen molar-refractivity contribution in [3.05, 3.63) is 5.89 Å². The predicted molar refractivity (Wildman–Crippen MR) is 36.3 cm³/mol. The van der Waals surface area contributed by atoms with Crippen molar-refractivity contribution in [1.29, 1.82) is 0 Å². The largest absolute Gasteiger partial charge is 0.408 e. The number of hydrogen-bond acceptors (Lipinski definition) is 5. The van der Waals surface area contributed by atoms with Crippen LogP contribution in [0.2, 0.25) is 0 Å². The minimum Gasteiger partial charge on any atom is -0.408 e. The first-order valence-electron chi connectivity index (χ1n) is 2.31. The van der Waals surface area contributed by atoms with E-state index >= 15 is 0 Å². The molecule has 0 atom stereocenters. The zero-order valence-electron chi connectivity index (χ0n) is 5.00. The van der Waals surface area contributed by atoms with E-state index in [0.29, 0.717) is 5.22 Å². The van der Waals surface area contributed by atoms with Crippen LogP contribution in [0.1, 0.15) is 10.7 Å². The molecule has 10 heavy (non-hydrogen) atoms. The van der Waals surface area contributed by atoms with Crippen LogP contribution >= 0.6 is 23.4 Å². The minimum atomic E-state index is -0.729. The van der Waals surface area contributed by atoms with E-state index in [9.17, 15) is 4.79 Å². The Bertz CT molecular complexity index is 249. The number of hydrogen-bond donors (Lipinski definition) is 0. The van der Waals surface area contributed by atoms with Crippen molar-refractivity contribution in [2.75, 3.05) is 6.26 Å². The predicted octanol–water partition coefficient (Wildman–Crippen LogP) is 1.17. The topological polar surface area (TPSA) is 56.0 Å². The molecule has 54 valence electrons. The molecule has 4 nitrogen and oxygen atoms in total. The van der Waals surface area contributed by atoms with Crippen molar-refractivity contribution >= 4 is 28.6 Å². The number of rotatable bonds is 2. The molecule has 0 aliphatic rings. The van der Waals surface area contributed by atoms with Crippen LogP contribution in [0.5, 0.6) is 0 Å². The van der Waals surface area contributed by atoms with Gasteiger partial charge in [0.2, 0.25) is 0 Å². The Kier molecular flexibility index (Phi) is 2.29. The highest BCUT2D eigenvalue weighted by molar-refractivity contribution is 7.98. The average Bonchev–Trinajstić information content (AvgIpc) is 2.34. The third kappa shape index (κ3) is 1.48. The van der Waals surface area contributed by atoms with E-state index in [0.717, 1.165) is 0 Å². The first-order valence-corrected chi connectivity index (χ1v) is 3.91. The number of carbonyl (C=O) groups is 1. The summed E-state index contributed by atoms with van der Waals surface area (Å²) in [5.74, 6) is -0.161. The molecule has 0 bridgehead atoms. The fourth-order valence-electron chi connectivity index (χ4n) is 0.372. The van der Waals surface area contributed by atoms with Crippen molar-refractivity contribution in [1.82, 2.24) is 10.2 Å². The summed E-state index contributed by atoms with van der Waals surface area (Å²) in [7, 11) is 0. The molecule has 1 aromatic heterocycles. The Hall–Kier alpha value is -0.550. The van der Waals surface area contributed by atoms with Crippen LogP contribution in [-0.4, -0.2) is 21.7 Å². The molecule has 0 radical (unpaired) electrons. The molecule has 0 N–H and O–H groups in total. The summed E-state index contributed by atoms with van der Waals surface area (Å²) in [6.45, 7) is 0. The van der Waals surface area contributed by atoms with E-state index in [1.807, 2.05) is 0 Å². The van der Waals surface area contributed by atoms with Gasteiger partial charge in [0.15, 0.2) is 0 Å². The lowest BCUT2D eigenvalue weighted by atomic mass is 10.8. The van der Waals surface area contributed by atoms with Crippen LogP contribution < -0.4 is 0 Å². The van der Waals surface area contributed by atoms with Gasteiger partial charge in [-0.3, -0.25) is 4.79 Å². The number of nitrogens with zero attached hydrogens (tertiary/aromatic N) is 2. The zero-order chi connectivity index (χ0) is 7.56. The monoisotopic (exact) mass is 178 g/mol. The zero-order valence-corrected chi connectivity index (χ0v) is 6.57. The van der Waals surface area contributed by atoms with Crippen molar-refractivity contribution in [2.45, 2.75) is 5.22 Å². The summed E-state index contributed by atoms with van der Waals surface area (Å²) in [5.41, 5.74) is 0. The molecule has 0 aliphatic heterocycles. The third-order valence-corrected chi connectivity index (χ3v) is 1.43. The maximum atomic E-state index is 10.3. The number of aromatic nitrogens is 2. The van der Waals surface area contributed by atoms with Gasteiger partial charge in [0.25, 0.3) is 5.22 Å². The minimum absolute atomic E-state index is 0.161. The van der Waals surface area contributed by atoms with Gasteiger partial charge in [0.1, 0.15) is 0 Å². The van der Waals surface area contributed by atoms with E-state index in [4.69, 9.17) is 16.0 Å². The maximum absolute atomic E-state index is 10.3. The highest BCUT2D eigenvalue weighted by Crippen LogP contribution is 2.12. The molecule has 0 saturated heterocycles. The van der Waals surface area contributed by atoms with Gasteiger partial charge in [-0.1, -0.05) is 11.8 Å². The van der Waals surface area contributed by atoms with Crippen LogP contribution in [0.25, 0.3) is 0 Å². The Balaban J connectivity index is 2.88. The highest BCUT2D eigenvalue weighted by Gasteiger charge is 2.10. The highest BCUT2D eigenvalue weighted by atomic mass is 35.5. The molecule has 0 unspecified atom stereocenters. The lowest BCUT2D eigenvalue weighted by Crippen LogP contribution is -1.86. The van der Waals surface area contributed by atoms with Gasteiger partial charge in [-0.15, -0.1) is 10.2 Å². The molecular formula is C4H3ClN2O2S. The lowest BCUT2D eigenvalue weighted by molar-refractivity contribution is 0.104. The lowest BCUT2D eigenvalue weighted by Gasteiger charge is -1.79. The number of thioether (sulfide) groups is 1. The SMILES string of the molecule is CSc1nnc(C(=O)Cl)o1. The Morgan fingerprint density at radius 2 is 2.40 bits per heavy atom. The quantitative estimate of drug-likeness (QED) is 0.503. The molecule has 0 saturated carbocycles. The second kappa shape index (κ2) is 3.03. The summed E-state index contributed by atoms with van der Waals surface area (Å²) in [4.78, 5) is 10.3. The van der Waals surface area contributed by atoms with Gasteiger partial charge >= 0.3 is 11.1 Å². The van der Waals surface area contributed by atoms with E-state index in [1.165, 1.54) is 11.8 Å². The maximum Gasteiger partial charge on any atom is 0.309 e. The van der Waals surface area contributed by atoms with Crippen LogP contribution in [-0.2, 0) is 0 Å². The average molecular weight is 179 g/mol. The molecular weight excluding hydrogens is 176 g/mol. The fraction of sp³-hybridized carbons (Fsp3) is 0.250. The molecule has 0 fully saturated rings. The fourth-order valence-corrected chi connectivity index (χ4v) is 0.733. The second-order valence-electron chi connectivity index (χ2n) is 1.35. The van der Waals surface area contributed by atoms with Gasteiger partial charge in [-0.2, -0.15) is 0 Å². The third-order valence-electron chi connectivity index (χ3n) is 0.749. The molecule has 0 spiro atoms. The first kappa shape index (κ1) is 7.56. The molecule has 1 heterocycles. The Labute approximate surface area is 66.0 Å². The van der Waals surface area contributed by atoms with Gasteiger partial charge in [0.05, 0.1) is 0 Å². The van der Waals surface area contributed by atoms with Crippen molar-refractivity contribution in [3.8, 4) is 0 Å². The smallest absolute Gasteiger partial charge is 0.309 e. The molecule has 0 aliphatic carbocycles. The Morgan fingerprint density at radius 3 is 2.70 bits per heavy atom. The molecule has 6 heteroatoms. The van der Waals surface area contributed by atoms with Crippen molar-refractivity contribution < 1.29 is 9.21 Å². The normalized spacial score (nSPS) is 9.80. The number of halogens is 1. The van der Waals surface area contributed by atoms with Crippen LogP contribution in [0.3, 0.4) is 0 Å². The van der Waals surface area contributed by atoms with E-state index in [1.54, 1.807) is 6.26 Å². The van der Waals surface area contributed by atoms with Gasteiger partial charge in [0, 0.05) is 0 Å². The Morgan fingerprint density at radius 1 is 1.70 bits per heavy atom. The van der Waals surface area contributed by atoms with Gasteiger partial charge in [-0.25, -0.2) is 0 Å². The summed E-state index contributed by atoms with van der Waals surface area (Å²) < 4.78 is 4.75. The van der Waals surface area contributed by atoms with Gasteiger partial charge in [-0.05, 0) is 17.9 Å². The number of carbonyl (C=O) groups excluding carboxylic acids is 1. The molecule has 0 amide bonds. The summed E-state index contributed by atoms with van der Waals surface area (Å²) in [5, 5.41) is 6.47. The van der Waals surface area contributed by atoms with Crippen LogP contribution in [0, 0.1) is 0 Å². The van der Waals surface area contributed by atoms with Crippen molar-refractivity contribution in [2.24, 2.45) is 0 Å².